The number of phenolic OH excluding ortho intramolecular Hbond substituents is 1. The minimum absolute atomic E-state index is 0.0338. The van der Waals surface area contributed by atoms with Crippen LogP contribution in [-0.2, 0) is 4.79 Å². The van der Waals surface area contributed by atoms with Crippen LogP contribution < -0.4 is 10.1 Å². The van der Waals surface area contributed by atoms with Crippen molar-refractivity contribution >= 4 is 17.7 Å². The molecule has 116 valence electrons. The molecule has 0 saturated carbocycles. The maximum absolute atomic E-state index is 13.5. The number of carbonyl (C=O) groups excluding carboxylic acids is 1. The van der Waals surface area contributed by atoms with Gasteiger partial charge < -0.3 is 15.2 Å². The second kappa shape index (κ2) is 7.09. The molecule has 5 nitrogen and oxygen atoms in total. The van der Waals surface area contributed by atoms with Crippen LogP contribution in [0.25, 0.3) is 6.08 Å². The summed E-state index contributed by atoms with van der Waals surface area (Å²) < 4.78 is 18.6. The Kier molecular flexibility index (Phi) is 4.95. The van der Waals surface area contributed by atoms with Gasteiger partial charge in [-0.15, -0.1) is 0 Å². The highest BCUT2D eigenvalue weighted by molar-refractivity contribution is 6.09. The van der Waals surface area contributed by atoms with Crippen molar-refractivity contribution in [3.8, 4) is 17.6 Å². The molecule has 2 aromatic rings. The number of benzene rings is 2. The van der Waals surface area contributed by atoms with E-state index >= 15 is 0 Å². The van der Waals surface area contributed by atoms with E-state index in [1.165, 1.54) is 49.6 Å². The topological polar surface area (TPSA) is 82.3 Å². The summed E-state index contributed by atoms with van der Waals surface area (Å²) in [6.07, 6.45) is 1.20. The van der Waals surface area contributed by atoms with Crippen molar-refractivity contribution in [1.82, 2.24) is 0 Å². The van der Waals surface area contributed by atoms with Gasteiger partial charge in [-0.2, -0.15) is 5.26 Å². The molecule has 0 aliphatic rings. The molecule has 0 saturated heterocycles. The summed E-state index contributed by atoms with van der Waals surface area (Å²) in [5.74, 6) is -1.04. The lowest BCUT2D eigenvalue weighted by Crippen LogP contribution is -2.14. The van der Waals surface area contributed by atoms with Crippen molar-refractivity contribution < 1.29 is 19.0 Å². The zero-order valence-corrected chi connectivity index (χ0v) is 12.2. The van der Waals surface area contributed by atoms with Gasteiger partial charge in [-0.05, 0) is 36.4 Å². The number of rotatable bonds is 4. The maximum atomic E-state index is 13.5. The zero-order valence-electron chi connectivity index (χ0n) is 12.2. The largest absolute Gasteiger partial charge is 0.507 e. The summed E-state index contributed by atoms with van der Waals surface area (Å²) >= 11 is 0. The quantitative estimate of drug-likeness (QED) is 0.671. The van der Waals surface area contributed by atoms with E-state index in [2.05, 4.69) is 5.32 Å². The minimum atomic E-state index is -0.778. The summed E-state index contributed by atoms with van der Waals surface area (Å²) in [6, 6.07) is 11.7. The van der Waals surface area contributed by atoms with Gasteiger partial charge in [-0.3, -0.25) is 4.79 Å². The van der Waals surface area contributed by atoms with Crippen molar-refractivity contribution in [2.45, 2.75) is 0 Å². The van der Waals surface area contributed by atoms with Crippen LogP contribution in [0.5, 0.6) is 11.5 Å². The lowest BCUT2D eigenvalue weighted by atomic mass is 10.1. The molecule has 2 N–H and O–H groups in total. The average molecular weight is 312 g/mol. The third-order valence-corrected chi connectivity index (χ3v) is 3.02. The van der Waals surface area contributed by atoms with Crippen LogP contribution in [0.4, 0.5) is 10.1 Å². The van der Waals surface area contributed by atoms with Crippen LogP contribution in [-0.4, -0.2) is 18.1 Å². The van der Waals surface area contributed by atoms with Crippen molar-refractivity contribution in [3.05, 3.63) is 59.4 Å². The van der Waals surface area contributed by atoms with Crippen LogP contribution >= 0.6 is 0 Å². The SMILES string of the molecule is COc1ccc(O)c(/C=C(/C#N)C(=O)Nc2ccccc2F)c1. The predicted octanol–water partition coefficient (Wildman–Crippen LogP) is 3.09. The molecule has 0 radical (unpaired) electrons. The number of nitrogens with zero attached hydrogens (tertiary/aromatic N) is 1. The van der Waals surface area contributed by atoms with E-state index in [4.69, 9.17) is 10.00 Å². The van der Waals surface area contributed by atoms with Crippen LogP contribution in [0.2, 0.25) is 0 Å². The lowest BCUT2D eigenvalue weighted by molar-refractivity contribution is -0.112. The Hall–Kier alpha value is -3.33. The lowest BCUT2D eigenvalue weighted by Gasteiger charge is -2.06. The number of halogens is 1. The summed E-state index contributed by atoms with van der Waals surface area (Å²) in [5, 5.41) is 21.2. The van der Waals surface area contributed by atoms with Gasteiger partial charge in [0.2, 0.25) is 0 Å². The average Bonchev–Trinajstić information content (AvgIpc) is 2.56. The molecule has 0 aromatic heterocycles. The van der Waals surface area contributed by atoms with E-state index in [1.54, 1.807) is 12.1 Å². The first kappa shape index (κ1) is 16.0. The number of para-hydroxylation sites is 1. The number of anilines is 1. The van der Waals surface area contributed by atoms with E-state index in [-0.39, 0.29) is 22.6 Å². The monoisotopic (exact) mass is 312 g/mol. The summed E-state index contributed by atoms with van der Waals surface area (Å²) in [5.41, 5.74) is -0.0742. The maximum Gasteiger partial charge on any atom is 0.266 e. The highest BCUT2D eigenvalue weighted by Gasteiger charge is 2.13. The van der Waals surface area contributed by atoms with Crippen molar-refractivity contribution in [2.24, 2.45) is 0 Å². The molecule has 1 amide bonds. The molecule has 2 rings (SSSR count). The highest BCUT2D eigenvalue weighted by Crippen LogP contribution is 2.25. The van der Waals surface area contributed by atoms with Crippen LogP contribution in [0.3, 0.4) is 0 Å². The first-order chi connectivity index (χ1) is 11.0. The fraction of sp³-hybridized carbons (Fsp3) is 0.0588. The van der Waals surface area contributed by atoms with E-state index in [9.17, 15) is 14.3 Å². The van der Waals surface area contributed by atoms with Crippen LogP contribution in [0.15, 0.2) is 48.0 Å². The van der Waals surface area contributed by atoms with E-state index < -0.39 is 11.7 Å². The molecule has 6 heteroatoms. The first-order valence-corrected chi connectivity index (χ1v) is 6.60. The van der Waals surface area contributed by atoms with Gasteiger partial charge in [0.25, 0.3) is 5.91 Å². The van der Waals surface area contributed by atoms with Crippen molar-refractivity contribution in [2.75, 3.05) is 12.4 Å². The molecule has 0 heterocycles. The van der Waals surface area contributed by atoms with Gasteiger partial charge in [0, 0.05) is 5.56 Å². The number of nitrogens with one attached hydrogen (secondary N) is 1. The molecule has 0 aliphatic carbocycles. The molecular weight excluding hydrogens is 299 g/mol. The Morgan fingerprint density at radius 1 is 1.35 bits per heavy atom. The van der Waals surface area contributed by atoms with Gasteiger partial charge in [-0.1, -0.05) is 12.1 Å². The Labute approximate surface area is 132 Å². The molecule has 0 unspecified atom stereocenters. The number of aromatic hydroxyl groups is 1. The molecule has 0 fully saturated rings. The summed E-state index contributed by atoms with van der Waals surface area (Å²) in [4.78, 5) is 12.1. The number of ether oxygens (including phenoxy) is 1. The Morgan fingerprint density at radius 2 is 2.09 bits per heavy atom. The van der Waals surface area contributed by atoms with Gasteiger partial charge in [-0.25, -0.2) is 4.39 Å². The molecule has 2 aromatic carbocycles. The van der Waals surface area contributed by atoms with E-state index in [0.717, 1.165) is 0 Å². The van der Waals surface area contributed by atoms with Crippen molar-refractivity contribution in [1.29, 1.82) is 5.26 Å². The fourth-order valence-corrected chi connectivity index (χ4v) is 1.83. The third kappa shape index (κ3) is 3.86. The van der Waals surface area contributed by atoms with Gasteiger partial charge in [0.1, 0.15) is 29.0 Å². The Bertz CT molecular complexity index is 810. The molecule has 23 heavy (non-hydrogen) atoms. The Morgan fingerprint density at radius 3 is 2.74 bits per heavy atom. The number of carbonyl (C=O) groups is 1. The molecular formula is C17H13FN2O3. The zero-order chi connectivity index (χ0) is 16.8. The number of hydrogen-bond acceptors (Lipinski definition) is 4. The number of methoxy groups -OCH3 is 1. The molecule has 0 spiro atoms. The third-order valence-electron chi connectivity index (χ3n) is 3.02. The van der Waals surface area contributed by atoms with E-state index in [1.807, 2.05) is 0 Å². The Balaban J connectivity index is 2.31. The highest BCUT2D eigenvalue weighted by atomic mass is 19.1. The number of hydrogen-bond donors (Lipinski definition) is 2. The second-order valence-corrected chi connectivity index (χ2v) is 4.53. The summed E-state index contributed by atoms with van der Waals surface area (Å²) in [7, 11) is 1.45. The van der Waals surface area contributed by atoms with E-state index in [0.29, 0.717) is 5.75 Å². The number of nitriles is 1. The standard InChI is InChI=1S/C17H13FN2O3/c1-23-13-6-7-16(21)11(9-13)8-12(10-19)17(22)20-15-5-3-2-4-14(15)18/h2-9,21H,1H3,(H,20,22)/b12-8-. The molecule has 0 bridgehead atoms. The van der Waals surface area contributed by atoms with Gasteiger partial charge in [0.05, 0.1) is 12.8 Å². The minimum Gasteiger partial charge on any atom is -0.507 e. The smallest absolute Gasteiger partial charge is 0.266 e. The summed E-state index contributed by atoms with van der Waals surface area (Å²) in [6.45, 7) is 0. The predicted molar refractivity (Wildman–Crippen MR) is 83.3 cm³/mol. The second-order valence-electron chi connectivity index (χ2n) is 4.53. The van der Waals surface area contributed by atoms with Crippen LogP contribution in [0, 0.1) is 17.1 Å². The first-order valence-electron chi connectivity index (χ1n) is 6.60. The van der Waals surface area contributed by atoms with Crippen molar-refractivity contribution in [3.63, 3.8) is 0 Å². The normalized spacial score (nSPS) is 10.7. The molecule has 0 aliphatic heterocycles. The number of amides is 1. The van der Waals surface area contributed by atoms with Crippen LogP contribution in [0.1, 0.15) is 5.56 Å². The number of phenols is 1. The van der Waals surface area contributed by atoms with Gasteiger partial charge in [0.15, 0.2) is 0 Å². The fourth-order valence-electron chi connectivity index (χ4n) is 1.83. The molecule has 0 atom stereocenters. The van der Waals surface area contributed by atoms with Gasteiger partial charge >= 0.3 is 0 Å².